The molecule has 5 heteroatoms. The summed E-state index contributed by atoms with van der Waals surface area (Å²) in [6, 6.07) is 0.346. The Bertz CT molecular complexity index is 469. The van der Waals surface area contributed by atoms with Gasteiger partial charge in [-0.3, -0.25) is 4.68 Å². The molecule has 0 aromatic carbocycles. The maximum Gasteiger partial charge on any atom is 0.317 e. The van der Waals surface area contributed by atoms with Gasteiger partial charge in [-0.05, 0) is 24.7 Å². The van der Waals surface area contributed by atoms with Crippen LogP contribution in [0, 0.1) is 11.8 Å². The standard InChI is InChI=1S/C16H28N4O/c1-12(2)14-7-5-6-8-15(14)18-16(21)19(3)10-13-9-17-20(4)11-13/h9,11-12,14-15H,5-8,10H2,1-4H3,(H,18,21). The van der Waals surface area contributed by atoms with Gasteiger partial charge in [0.15, 0.2) is 0 Å². The Labute approximate surface area is 127 Å². The van der Waals surface area contributed by atoms with E-state index in [9.17, 15) is 4.79 Å². The summed E-state index contributed by atoms with van der Waals surface area (Å²) in [4.78, 5) is 14.1. The van der Waals surface area contributed by atoms with Gasteiger partial charge >= 0.3 is 6.03 Å². The Morgan fingerprint density at radius 2 is 2.19 bits per heavy atom. The summed E-state index contributed by atoms with van der Waals surface area (Å²) < 4.78 is 1.76. The van der Waals surface area contributed by atoms with Crippen LogP contribution in [0.2, 0.25) is 0 Å². The lowest BCUT2D eigenvalue weighted by molar-refractivity contribution is 0.173. The average Bonchev–Trinajstić information content (AvgIpc) is 2.84. The molecule has 118 valence electrons. The lowest BCUT2D eigenvalue weighted by Crippen LogP contribution is -2.48. The third-order valence-electron chi connectivity index (χ3n) is 4.51. The van der Waals surface area contributed by atoms with Crippen LogP contribution >= 0.6 is 0 Å². The van der Waals surface area contributed by atoms with E-state index in [0.717, 1.165) is 12.0 Å². The van der Waals surface area contributed by atoms with E-state index >= 15 is 0 Å². The first-order valence-electron chi connectivity index (χ1n) is 7.96. The first-order chi connectivity index (χ1) is 9.97. The highest BCUT2D eigenvalue weighted by Crippen LogP contribution is 2.30. The predicted octanol–water partition coefficient (Wildman–Crippen LogP) is 2.78. The summed E-state index contributed by atoms with van der Waals surface area (Å²) in [6.07, 6.45) is 8.61. The van der Waals surface area contributed by atoms with E-state index in [4.69, 9.17) is 0 Å². The van der Waals surface area contributed by atoms with E-state index in [-0.39, 0.29) is 6.03 Å². The van der Waals surface area contributed by atoms with Crippen molar-refractivity contribution in [1.82, 2.24) is 20.0 Å². The number of carbonyl (C=O) groups is 1. The van der Waals surface area contributed by atoms with Gasteiger partial charge in [0.25, 0.3) is 0 Å². The van der Waals surface area contributed by atoms with Crippen LogP contribution in [0.1, 0.15) is 45.1 Å². The van der Waals surface area contributed by atoms with Crippen molar-refractivity contribution in [1.29, 1.82) is 0 Å². The van der Waals surface area contributed by atoms with Crippen LogP contribution in [-0.2, 0) is 13.6 Å². The zero-order chi connectivity index (χ0) is 15.4. The van der Waals surface area contributed by atoms with Crippen molar-refractivity contribution in [2.75, 3.05) is 7.05 Å². The summed E-state index contributed by atoms with van der Waals surface area (Å²) in [6.45, 7) is 5.11. The Kier molecular flexibility index (Phi) is 5.26. The quantitative estimate of drug-likeness (QED) is 0.927. The Morgan fingerprint density at radius 3 is 2.81 bits per heavy atom. The molecule has 2 atom stereocenters. The van der Waals surface area contributed by atoms with Gasteiger partial charge in [-0.15, -0.1) is 0 Å². The summed E-state index contributed by atoms with van der Waals surface area (Å²) in [5.41, 5.74) is 1.05. The number of rotatable bonds is 4. The Hall–Kier alpha value is -1.52. The average molecular weight is 292 g/mol. The van der Waals surface area contributed by atoms with E-state index < -0.39 is 0 Å². The van der Waals surface area contributed by atoms with Crippen LogP contribution in [0.25, 0.3) is 0 Å². The van der Waals surface area contributed by atoms with Crippen molar-refractivity contribution < 1.29 is 4.79 Å². The molecule has 1 aromatic heterocycles. The van der Waals surface area contributed by atoms with Crippen LogP contribution < -0.4 is 5.32 Å². The molecule has 1 aliphatic rings. The van der Waals surface area contributed by atoms with Crippen molar-refractivity contribution >= 4 is 6.03 Å². The molecule has 1 aliphatic carbocycles. The van der Waals surface area contributed by atoms with Gasteiger partial charge in [0.1, 0.15) is 0 Å². The summed E-state index contributed by atoms with van der Waals surface area (Å²) in [5.74, 6) is 1.23. The molecule has 1 aromatic rings. The fourth-order valence-electron chi connectivity index (χ4n) is 3.30. The molecule has 1 fully saturated rings. The van der Waals surface area contributed by atoms with Crippen LogP contribution in [0.4, 0.5) is 4.79 Å². The monoisotopic (exact) mass is 292 g/mol. The van der Waals surface area contributed by atoms with Crippen LogP contribution in [0.15, 0.2) is 12.4 Å². The van der Waals surface area contributed by atoms with E-state index in [2.05, 4.69) is 24.3 Å². The molecular weight excluding hydrogens is 264 g/mol. The fourth-order valence-corrected chi connectivity index (χ4v) is 3.30. The molecule has 0 aliphatic heterocycles. The number of amides is 2. The second-order valence-corrected chi connectivity index (χ2v) is 6.63. The molecule has 0 spiro atoms. The van der Waals surface area contributed by atoms with Gasteiger partial charge in [0, 0.05) is 31.9 Å². The Morgan fingerprint density at radius 1 is 1.48 bits per heavy atom. The fraction of sp³-hybridized carbons (Fsp3) is 0.750. The largest absolute Gasteiger partial charge is 0.335 e. The third-order valence-corrected chi connectivity index (χ3v) is 4.51. The molecule has 2 rings (SSSR count). The van der Waals surface area contributed by atoms with E-state index in [1.807, 2.05) is 20.3 Å². The number of aryl methyl sites for hydroxylation is 1. The van der Waals surface area contributed by atoms with Crippen molar-refractivity contribution in [3.8, 4) is 0 Å². The lowest BCUT2D eigenvalue weighted by atomic mass is 9.78. The summed E-state index contributed by atoms with van der Waals surface area (Å²) >= 11 is 0. The smallest absolute Gasteiger partial charge is 0.317 e. The highest BCUT2D eigenvalue weighted by Gasteiger charge is 2.29. The van der Waals surface area contributed by atoms with Gasteiger partial charge in [-0.25, -0.2) is 4.79 Å². The Balaban J connectivity index is 1.90. The minimum atomic E-state index is 0.0244. The van der Waals surface area contributed by atoms with Gasteiger partial charge < -0.3 is 10.2 Å². The highest BCUT2D eigenvalue weighted by molar-refractivity contribution is 5.74. The minimum Gasteiger partial charge on any atom is -0.335 e. The number of hydrogen-bond acceptors (Lipinski definition) is 2. The first kappa shape index (κ1) is 15.9. The number of nitrogens with one attached hydrogen (secondary N) is 1. The molecule has 2 unspecified atom stereocenters. The molecule has 5 nitrogen and oxygen atoms in total. The van der Waals surface area contributed by atoms with Crippen molar-refractivity contribution in [3.63, 3.8) is 0 Å². The van der Waals surface area contributed by atoms with Gasteiger partial charge in [-0.1, -0.05) is 26.7 Å². The van der Waals surface area contributed by atoms with Gasteiger partial charge in [-0.2, -0.15) is 5.10 Å². The predicted molar refractivity (Wildman–Crippen MR) is 83.8 cm³/mol. The molecule has 1 heterocycles. The molecule has 1 N–H and O–H groups in total. The molecule has 0 bridgehead atoms. The zero-order valence-corrected chi connectivity index (χ0v) is 13.7. The number of hydrogen-bond donors (Lipinski definition) is 1. The number of carbonyl (C=O) groups excluding carboxylic acids is 1. The lowest BCUT2D eigenvalue weighted by Gasteiger charge is -2.35. The topological polar surface area (TPSA) is 50.2 Å². The molecule has 1 saturated carbocycles. The minimum absolute atomic E-state index is 0.0244. The van der Waals surface area contributed by atoms with E-state index in [1.54, 1.807) is 15.8 Å². The van der Waals surface area contributed by atoms with Gasteiger partial charge in [0.05, 0.1) is 12.7 Å². The molecule has 2 amide bonds. The number of urea groups is 1. The van der Waals surface area contributed by atoms with Gasteiger partial charge in [0.2, 0.25) is 0 Å². The summed E-state index contributed by atoms with van der Waals surface area (Å²) in [7, 11) is 3.73. The maximum absolute atomic E-state index is 12.4. The number of nitrogens with zero attached hydrogens (tertiary/aromatic N) is 3. The molecule has 21 heavy (non-hydrogen) atoms. The van der Waals surface area contributed by atoms with E-state index in [0.29, 0.717) is 24.4 Å². The van der Waals surface area contributed by atoms with E-state index in [1.165, 1.54) is 19.3 Å². The zero-order valence-electron chi connectivity index (χ0n) is 13.7. The molecule has 0 radical (unpaired) electrons. The second-order valence-electron chi connectivity index (χ2n) is 6.63. The van der Waals surface area contributed by atoms with Crippen molar-refractivity contribution in [2.45, 2.75) is 52.1 Å². The third kappa shape index (κ3) is 4.22. The summed E-state index contributed by atoms with van der Waals surface area (Å²) in [5, 5.41) is 7.38. The number of aromatic nitrogens is 2. The van der Waals surface area contributed by atoms with Crippen LogP contribution in [0.5, 0.6) is 0 Å². The second kappa shape index (κ2) is 6.96. The van der Waals surface area contributed by atoms with Crippen LogP contribution in [0.3, 0.4) is 0 Å². The highest BCUT2D eigenvalue weighted by atomic mass is 16.2. The van der Waals surface area contributed by atoms with Crippen molar-refractivity contribution in [2.24, 2.45) is 18.9 Å². The molecular formula is C16H28N4O. The SMILES string of the molecule is CC(C)C1CCCCC1NC(=O)N(C)Cc1cnn(C)c1. The van der Waals surface area contributed by atoms with Crippen molar-refractivity contribution in [3.05, 3.63) is 18.0 Å². The normalized spacial score (nSPS) is 22.3. The maximum atomic E-state index is 12.4. The first-order valence-corrected chi connectivity index (χ1v) is 7.96. The molecule has 0 saturated heterocycles. The van der Waals surface area contributed by atoms with Crippen LogP contribution in [-0.4, -0.2) is 33.8 Å².